The van der Waals surface area contributed by atoms with Crippen LogP contribution < -0.4 is 5.32 Å². The second-order valence-corrected chi connectivity index (χ2v) is 5.06. The van der Waals surface area contributed by atoms with Gasteiger partial charge in [0.05, 0.1) is 13.2 Å². The number of hydrogen-bond acceptors (Lipinski definition) is 3. The van der Waals surface area contributed by atoms with Crippen LogP contribution in [0.25, 0.3) is 0 Å². The van der Waals surface area contributed by atoms with Gasteiger partial charge >= 0.3 is 0 Å². The van der Waals surface area contributed by atoms with Crippen molar-refractivity contribution in [2.24, 2.45) is 0 Å². The van der Waals surface area contributed by atoms with Gasteiger partial charge in [-0.3, -0.25) is 4.79 Å². The van der Waals surface area contributed by atoms with Gasteiger partial charge in [0.15, 0.2) is 0 Å². The summed E-state index contributed by atoms with van der Waals surface area (Å²) in [6, 6.07) is 4.26. The number of nitrogens with one attached hydrogen (secondary N) is 1. The second-order valence-electron chi connectivity index (χ2n) is 4.66. The molecule has 0 aromatic heterocycles. The molecule has 1 heterocycles. The maximum atomic E-state index is 13.1. The first-order valence-electron chi connectivity index (χ1n) is 6.67. The molecule has 1 amide bonds. The van der Waals surface area contributed by atoms with Crippen molar-refractivity contribution in [2.75, 3.05) is 32.8 Å². The van der Waals surface area contributed by atoms with Crippen LogP contribution in [-0.2, 0) is 16.1 Å². The number of hydrogen-bond donors (Lipinski definition) is 1. The van der Waals surface area contributed by atoms with Gasteiger partial charge in [-0.25, -0.2) is 4.39 Å². The van der Waals surface area contributed by atoms with Gasteiger partial charge in [0, 0.05) is 37.6 Å². The molecular weight excluding hydrogens is 283 g/mol. The minimum atomic E-state index is -0.310. The minimum absolute atomic E-state index is 0.117. The smallest absolute Gasteiger partial charge is 0.224 e. The van der Waals surface area contributed by atoms with Crippen LogP contribution in [0.5, 0.6) is 0 Å². The molecule has 0 saturated carbocycles. The average Bonchev–Trinajstić information content (AvgIpc) is 2.47. The van der Waals surface area contributed by atoms with Gasteiger partial charge in [0.2, 0.25) is 5.91 Å². The van der Waals surface area contributed by atoms with Crippen LogP contribution in [0.1, 0.15) is 12.0 Å². The van der Waals surface area contributed by atoms with Gasteiger partial charge < -0.3 is 15.0 Å². The van der Waals surface area contributed by atoms with E-state index in [0.717, 1.165) is 0 Å². The zero-order valence-corrected chi connectivity index (χ0v) is 12.0. The monoisotopic (exact) mass is 300 g/mol. The van der Waals surface area contributed by atoms with Crippen LogP contribution in [-0.4, -0.2) is 43.7 Å². The van der Waals surface area contributed by atoms with E-state index in [0.29, 0.717) is 56.4 Å². The van der Waals surface area contributed by atoms with Gasteiger partial charge in [-0.15, -0.1) is 0 Å². The molecule has 0 atom stereocenters. The summed E-state index contributed by atoms with van der Waals surface area (Å²) in [5, 5.41) is 3.64. The summed E-state index contributed by atoms with van der Waals surface area (Å²) in [5.41, 5.74) is 0.700. The molecule has 0 spiro atoms. The number of halogens is 2. The fourth-order valence-electron chi connectivity index (χ4n) is 2.07. The Kier molecular flexibility index (Phi) is 5.76. The molecule has 2 rings (SSSR count). The van der Waals surface area contributed by atoms with Crippen LogP contribution in [0.2, 0.25) is 5.02 Å². The highest BCUT2D eigenvalue weighted by atomic mass is 35.5. The quantitative estimate of drug-likeness (QED) is 0.844. The Balaban J connectivity index is 1.70. The topological polar surface area (TPSA) is 41.6 Å². The second kappa shape index (κ2) is 7.57. The lowest BCUT2D eigenvalue weighted by Gasteiger charge is -2.26. The number of rotatable bonds is 5. The molecule has 0 radical (unpaired) electrons. The molecule has 1 aliphatic rings. The Morgan fingerprint density at radius 3 is 2.90 bits per heavy atom. The van der Waals surface area contributed by atoms with Gasteiger partial charge in [0.25, 0.3) is 0 Å². The molecule has 20 heavy (non-hydrogen) atoms. The van der Waals surface area contributed by atoms with E-state index in [-0.39, 0.29) is 11.7 Å². The van der Waals surface area contributed by atoms with Crippen molar-refractivity contribution in [1.82, 2.24) is 10.2 Å². The van der Waals surface area contributed by atoms with Gasteiger partial charge in [-0.1, -0.05) is 11.6 Å². The SMILES string of the molecule is O=C(CCNCc1cc(F)ccc1Cl)N1CCOCC1. The summed E-state index contributed by atoms with van der Waals surface area (Å²) >= 11 is 5.96. The number of nitrogens with zero attached hydrogens (tertiary/aromatic N) is 1. The van der Waals surface area contributed by atoms with Crippen LogP contribution >= 0.6 is 11.6 Å². The zero-order valence-electron chi connectivity index (χ0n) is 11.2. The lowest BCUT2D eigenvalue weighted by atomic mass is 10.2. The first-order valence-corrected chi connectivity index (χ1v) is 7.05. The number of morpholine rings is 1. The molecular formula is C14H18ClFN2O2. The number of carbonyl (C=O) groups is 1. The van der Waals surface area contributed by atoms with Crippen molar-refractivity contribution < 1.29 is 13.9 Å². The fourth-order valence-corrected chi connectivity index (χ4v) is 2.25. The largest absolute Gasteiger partial charge is 0.378 e. The Hall–Kier alpha value is -1.17. The third-order valence-electron chi connectivity index (χ3n) is 3.20. The van der Waals surface area contributed by atoms with Crippen molar-refractivity contribution >= 4 is 17.5 Å². The molecule has 6 heteroatoms. The molecule has 4 nitrogen and oxygen atoms in total. The van der Waals surface area contributed by atoms with E-state index in [9.17, 15) is 9.18 Å². The zero-order chi connectivity index (χ0) is 14.4. The normalized spacial score (nSPS) is 15.4. The Morgan fingerprint density at radius 1 is 1.40 bits per heavy atom. The number of carbonyl (C=O) groups excluding carboxylic acids is 1. The summed E-state index contributed by atoms with van der Waals surface area (Å²) in [4.78, 5) is 13.7. The van der Waals surface area contributed by atoms with Crippen LogP contribution in [0, 0.1) is 5.82 Å². The van der Waals surface area contributed by atoms with Gasteiger partial charge in [-0.05, 0) is 23.8 Å². The molecule has 110 valence electrons. The minimum Gasteiger partial charge on any atom is -0.378 e. The molecule has 0 unspecified atom stereocenters. The van der Waals surface area contributed by atoms with Crippen molar-refractivity contribution in [3.63, 3.8) is 0 Å². The molecule has 1 fully saturated rings. The Bertz CT molecular complexity index is 464. The van der Waals surface area contributed by atoms with E-state index in [1.165, 1.54) is 18.2 Å². The van der Waals surface area contributed by atoms with Crippen molar-refractivity contribution in [1.29, 1.82) is 0 Å². The summed E-state index contributed by atoms with van der Waals surface area (Å²) in [6.07, 6.45) is 0.424. The van der Waals surface area contributed by atoms with Crippen molar-refractivity contribution in [3.05, 3.63) is 34.6 Å². The standard InChI is InChI=1S/C14H18ClFN2O2/c15-13-2-1-12(16)9-11(13)10-17-4-3-14(19)18-5-7-20-8-6-18/h1-2,9,17H,3-8,10H2. The molecule has 1 aliphatic heterocycles. The lowest BCUT2D eigenvalue weighted by Crippen LogP contribution is -2.41. The predicted molar refractivity (Wildman–Crippen MR) is 75.1 cm³/mol. The Morgan fingerprint density at radius 2 is 2.15 bits per heavy atom. The van der Waals surface area contributed by atoms with E-state index in [2.05, 4.69) is 5.32 Å². The van der Waals surface area contributed by atoms with Gasteiger partial charge in [0.1, 0.15) is 5.82 Å². The molecule has 0 aliphatic carbocycles. The Labute approximate surface area is 122 Å². The molecule has 0 bridgehead atoms. The van der Waals surface area contributed by atoms with Crippen LogP contribution in [0.3, 0.4) is 0 Å². The third kappa shape index (κ3) is 4.44. The molecule has 1 saturated heterocycles. The maximum absolute atomic E-state index is 13.1. The van der Waals surface area contributed by atoms with Crippen molar-refractivity contribution in [3.8, 4) is 0 Å². The lowest BCUT2D eigenvalue weighted by molar-refractivity contribution is -0.135. The van der Waals surface area contributed by atoms with Gasteiger partial charge in [-0.2, -0.15) is 0 Å². The summed E-state index contributed by atoms with van der Waals surface area (Å²) in [5.74, 6) is -0.193. The fraction of sp³-hybridized carbons (Fsp3) is 0.500. The first kappa shape index (κ1) is 15.2. The van der Waals surface area contributed by atoms with E-state index >= 15 is 0 Å². The predicted octanol–water partition coefficient (Wildman–Crippen LogP) is 1.82. The maximum Gasteiger partial charge on any atom is 0.224 e. The van der Waals surface area contributed by atoms with Crippen LogP contribution in [0.4, 0.5) is 4.39 Å². The number of ether oxygens (including phenoxy) is 1. The average molecular weight is 301 g/mol. The van der Waals surface area contributed by atoms with E-state index < -0.39 is 0 Å². The molecule has 1 aromatic rings. The third-order valence-corrected chi connectivity index (χ3v) is 3.57. The first-order chi connectivity index (χ1) is 9.66. The summed E-state index contributed by atoms with van der Waals surface area (Å²) in [6.45, 7) is 3.54. The number of amides is 1. The van der Waals surface area contributed by atoms with Crippen molar-refractivity contribution in [2.45, 2.75) is 13.0 Å². The highest BCUT2D eigenvalue weighted by molar-refractivity contribution is 6.31. The molecule has 1 aromatic carbocycles. The van der Waals surface area contributed by atoms with Crippen LogP contribution in [0.15, 0.2) is 18.2 Å². The highest BCUT2D eigenvalue weighted by Gasteiger charge is 2.15. The number of benzene rings is 1. The van der Waals surface area contributed by atoms with E-state index in [1.54, 1.807) is 4.90 Å². The highest BCUT2D eigenvalue weighted by Crippen LogP contribution is 2.16. The summed E-state index contributed by atoms with van der Waals surface area (Å²) < 4.78 is 18.3. The molecule has 1 N–H and O–H groups in total. The summed E-state index contributed by atoms with van der Waals surface area (Å²) in [7, 11) is 0. The van der Waals surface area contributed by atoms with E-state index in [1.807, 2.05) is 0 Å². The van der Waals surface area contributed by atoms with E-state index in [4.69, 9.17) is 16.3 Å².